The Morgan fingerprint density at radius 3 is 2.14 bits per heavy atom. The average Bonchev–Trinajstić information content (AvgIpc) is 3.12. The highest BCUT2D eigenvalue weighted by Crippen LogP contribution is 2.36. The summed E-state index contributed by atoms with van der Waals surface area (Å²) in [6, 6.07) is 24.2. The van der Waals surface area contributed by atoms with Crippen molar-refractivity contribution in [2.75, 3.05) is 0 Å². The molecule has 4 heteroatoms. The smallest absolute Gasteiger partial charge is 0.335 e. The molecule has 0 atom stereocenters. The predicted octanol–water partition coefficient (Wildman–Crippen LogP) is 5.64. The first-order valence-corrected chi connectivity index (χ1v) is 9.38. The number of carbonyl (C=O) groups excluding carboxylic acids is 1. The van der Waals surface area contributed by atoms with Crippen LogP contribution < -0.4 is 4.74 Å². The van der Waals surface area contributed by atoms with Crippen molar-refractivity contribution >= 4 is 38.5 Å². The van der Waals surface area contributed by atoms with Gasteiger partial charge >= 0.3 is 5.97 Å². The molecule has 4 aromatic carbocycles. The van der Waals surface area contributed by atoms with E-state index in [-0.39, 0.29) is 0 Å². The number of rotatable bonds is 3. The highest BCUT2D eigenvalue weighted by Gasteiger charge is 2.16. The average molecular weight is 378 g/mol. The summed E-state index contributed by atoms with van der Waals surface area (Å²) in [4.78, 5) is 16.4. The van der Waals surface area contributed by atoms with Gasteiger partial charge < -0.3 is 9.30 Å². The monoisotopic (exact) mass is 378 g/mol. The SMILES string of the molecule is C=CC(=O)Oc1ccc(-c2nc3c4ccccc4c4ccccc4c3n2C)cc1. The summed E-state index contributed by atoms with van der Waals surface area (Å²) >= 11 is 0. The number of benzene rings is 4. The van der Waals surface area contributed by atoms with Crippen molar-refractivity contribution in [1.29, 1.82) is 0 Å². The van der Waals surface area contributed by atoms with E-state index in [0.717, 1.165) is 33.9 Å². The molecule has 0 saturated carbocycles. The van der Waals surface area contributed by atoms with Crippen LogP contribution in [0.5, 0.6) is 5.75 Å². The molecule has 0 aliphatic heterocycles. The number of hydrogen-bond acceptors (Lipinski definition) is 3. The second kappa shape index (κ2) is 6.60. The van der Waals surface area contributed by atoms with E-state index < -0.39 is 5.97 Å². The Morgan fingerprint density at radius 1 is 0.897 bits per heavy atom. The predicted molar refractivity (Wildman–Crippen MR) is 117 cm³/mol. The van der Waals surface area contributed by atoms with Gasteiger partial charge in [0.25, 0.3) is 0 Å². The van der Waals surface area contributed by atoms with Gasteiger partial charge in [0.05, 0.1) is 11.0 Å². The van der Waals surface area contributed by atoms with E-state index in [1.165, 1.54) is 16.2 Å². The molecule has 0 aliphatic carbocycles. The first-order chi connectivity index (χ1) is 14.2. The minimum atomic E-state index is -0.474. The third-order valence-electron chi connectivity index (χ3n) is 5.25. The molecule has 1 heterocycles. The molecule has 29 heavy (non-hydrogen) atoms. The number of nitrogens with zero attached hydrogens (tertiary/aromatic N) is 2. The Hall–Kier alpha value is -3.92. The molecule has 5 aromatic rings. The number of hydrogen-bond donors (Lipinski definition) is 0. The van der Waals surface area contributed by atoms with Gasteiger partial charge in [-0.1, -0.05) is 55.1 Å². The van der Waals surface area contributed by atoms with Gasteiger partial charge in [-0.05, 0) is 35.0 Å². The number of imidazole rings is 1. The Bertz CT molecular complexity index is 1410. The summed E-state index contributed by atoms with van der Waals surface area (Å²) in [7, 11) is 2.04. The van der Waals surface area contributed by atoms with Crippen molar-refractivity contribution in [3.63, 3.8) is 0 Å². The Kier molecular flexibility index (Phi) is 3.91. The van der Waals surface area contributed by atoms with Gasteiger partial charge in [-0.25, -0.2) is 9.78 Å². The number of esters is 1. The first-order valence-electron chi connectivity index (χ1n) is 9.38. The molecule has 0 bridgehead atoms. The van der Waals surface area contributed by atoms with Crippen molar-refractivity contribution in [1.82, 2.24) is 9.55 Å². The molecule has 140 valence electrons. The fraction of sp³-hybridized carbons (Fsp3) is 0.0400. The van der Waals surface area contributed by atoms with Crippen LogP contribution in [0.4, 0.5) is 0 Å². The molecule has 0 N–H and O–H groups in total. The lowest BCUT2D eigenvalue weighted by molar-refractivity contribution is -0.128. The van der Waals surface area contributed by atoms with E-state index >= 15 is 0 Å². The zero-order chi connectivity index (χ0) is 20.0. The van der Waals surface area contributed by atoms with Crippen LogP contribution in [-0.2, 0) is 11.8 Å². The number of carbonyl (C=O) groups is 1. The summed E-state index contributed by atoms with van der Waals surface area (Å²) < 4.78 is 7.31. The number of ether oxygens (including phenoxy) is 1. The van der Waals surface area contributed by atoms with Crippen molar-refractivity contribution in [2.24, 2.45) is 7.05 Å². The quantitative estimate of drug-likeness (QED) is 0.177. The van der Waals surface area contributed by atoms with Crippen LogP contribution in [0.2, 0.25) is 0 Å². The fourth-order valence-electron chi connectivity index (χ4n) is 3.93. The second-order valence-electron chi connectivity index (χ2n) is 6.93. The molecular weight excluding hydrogens is 360 g/mol. The molecule has 0 fully saturated rings. The van der Waals surface area contributed by atoms with Gasteiger partial charge in [-0.2, -0.15) is 0 Å². The first kappa shape index (κ1) is 17.2. The van der Waals surface area contributed by atoms with Crippen LogP contribution in [-0.4, -0.2) is 15.5 Å². The minimum Gasteiger partial charge on any atom is -0.423 e. The zero-order valence-electron chi connectivity index (χ0n) is 15.9. The molecule has 0 aliphatic rings. The maximum absolute atomic E-state index is 11.4. The van der Waals surface area contributed by atoms with Crippen molar-refractivity contribution < 1.29 is 9.53 Å². The lowest BCUT2D eigenvalue weighted by Gasteiger charge is -2.08. The van der Waals surface area contributed by atoms with Gasteiger partial charge in [0.15, 0.2) is 0 Å². The van der Waals surface area contributed by atoms with E-state index in [0.29, 0.717) is 5.75 Å². The van der Waals surface area contributed by atoms with Crippen LogP contribution in [0.25, 0.3) is 44.0 Å². The summed E-state index contributed by atoms with van der Waals surface area (Å²) in [6.45, 7) is 3.42. The summed E-state index contributed by atoms with van der Waals surface area (Å²) in [5.74, 6) is 0.870. The maximum Gasteiger partial charge on any atom is 0.335 e. The molecule has 0 spiro atoms. The van der Waals surface area contributed by atoms with Crippen molar-refractivity contribution in [2.45, 2.75) is 0 Å². The zero-order valence-corrected chi connectivity index (χ0v) is 15.9. The summed E-state index contributed by atoms with van der Waals surface area (Å²) in [5, 5.41) is 4.74. The van der Waals surface area contributed by atoms with Crippen LogP contribution in [0.3, 0.4) is 0 Å². The lowest BCUT2D eigenvalue weighted by atomic mass is 10.00. The Balaban J connectivity index is 1.75. The molecule has 0 radical (unpaired) electrons. The third kappa shape index (κ3) is 2.69. The van der Waals surface area contributed by atoms with Crippen LogP contribution in [0, 0.1) is 0 Å². The molecule has 0 unspecified atom stereocenters. The molecular formula is C25H18N2O2. The maximum atomic E-state index is 11.4. The second-order valence-corrected chi connectivity index (χ2v) is 6.93. The van der Waals surface area contributed by atoms with E-state index in [1.54, 1.807) is 12.1 Å². The van der Waals surface area contributed by atoms with Gasteiger partial charge in [0.2, 0.25) is 0 Å². The standard InChI is InChI=1S/C25H18N2O2/c1-3-22(28)29-17-14-12-16(13-15-17)25-26-23-20-10-6-4-8-18(20)19-9-5-7-11-21(19)24(23)27(25)2/h3-15H,1H2,2H3. The highest BCUT2D eigenvalue weighted by atomic mass is 16.5. The fourth-order valence-corrected chi connectivity index (χ4v) is 3.93. The van der Waals surface area contributed by atoms with Crippen molar-refractivity contribution in [3.8, 4) is 17.1 Å². The van der Waals surface area contributed by atoms with Gasteiger partial charge in [-0.15, -0.1) is 0 Å². The van der Waals surface area contributed by atoms with Crippen LogP contribution in [0.1, 0.15) is 0 Å². The molecule has 0 amide bonds. The van der Waals surface area contributed by atoms with E-state index in [9.17, 15) is 4.79 Å². The normalized spacial score (nSPS) is 11.2. The summed E-state index contributed by atoms with van der Waals surface area (Å²) in [5.41, 5.74) is 3.05. The largest absolute Gasteiger partial charge is 0.423 e. The molecule has 4 nitrogen and oxygen atoms in total. The molecule has 1 aromatic heterocycles. The van der Waals surface area contributed by atoms with Crippen LogP contribution >= 0.6 is 0 Å². The number of fused-ring (bicyclic) bond motifs is 6. The summed E-state index contributed by atoms with van der Waals surface area (Å²) in [6.07, 6.45) is 1.15. The molecule has 0 saturated heterocycles. The minimum absolute atomic E-state index is 0.474. The third-order valence-corrected chi connectivity index (χ3v) is 5.25. The Morgan fingerprint density at radius 2 is 1.48 bits per heavy atom. The van der Waals surface area contributed by atoms with Gasteiger partial charge in [0.1, 0.15) is 11.6 Å². The van der Waals surface area contributed by atoms with E-state index in [2.05, 4.69) is 53.6 Å². The number of aryl methyl sites for hydroxylation is 1. The lowest BCUT2D eigenvalue weighted by Crippen LogP contribution is -2.02. The van der Waals surface area contributed by atoms with E-state index in [4.69, 9.17) is 9.72 Å². The van der Waals surface area contributed by atoms with Crippen molar-refractivity contribution in [3.05, 3.63) is 85.5 Å². The number of aromatic nitrogens is 2. The topological polar surface area (TPSA) is 44.1 Å². The highest BCUT2D eigenvalue weighted by molar-refractivity contribution is 6.23. The van der Waals surface area contributed by atoms with Gasteiger partial charge in [-0.3, -0.25) is 0 Å². The van der Waals surface area contributed by atoms with E-state index in [1.807, 2.05) is 25.2 Å². The van der Waals surface area contributed by atoms with Crippen LogP contribution in [0.15, 0.2) is 85.5 Å². The Labute approximate surface area is 167 Å². The van der Waals surface area contributed by atoms with Gasteiger partial charge in [0, 0.05) is 29.5 Å². The molecule has 5 rings (SSSR count).